The number of nitrogens with two attached hydrogens (primary N) is 1. The lowest BCUT2D eigenvalue weighted by Gasteiger charge is -2.27. The van der Waals surface area contributed by atoms with Crippen molar-refractivity contribution in [2.24, 2.45) is 12.8 Å². The minimum atomic E-state index is -5.02. The molecule has 0 aliphatic rings. The van der Waals surface area contributed by atoms with E-state index >= 15 is 0 Å². The number of benzene rings is 2. The zero-order chi connectivity index (χ0) is 35.6. The van der Waals surface area contributed by atoms with Crippen molar-refractivity contribution < 1.29 is 30.9 Å². The molecule has 0 unspecified atom stereocenters. The van der Waals surface area contributed by atoms with Crippen molar-refractivity contribution in [3.05, 3.63) is 107 Å². The van der Waals surface area contributed by atoms with Crippen LogP contribution < -0.4 is 15.2 Å². The van der Waals surface area contributed by atoms with Crippen LogP contribution >= 0.6 is 0 Å². The summed E-state index contributed by atoms with van der Waals surface area (Å²) < 4.78 is 80.9. The molecule has 3 aromatic rings. The zero-order valence-electron chi connectivity index (χ0n) is 27.3. The largest absolute Gasteiger partial charge is 0.693 e. The highest BCUT2D eigenvalue weighted by Gasteiger charge is 2.34. The van der Waals surface area contributed by atoms with Crippen LogP contribution in [0.1, 0.15) is 74.9 Å². The van der Waals surface area contributed by atoms with Crippen molar-refractivity contribution in [3.63, 3.8) is 0 Å². The van der Waals surface area contributed by atoms with Crippen molar-refractivity contribution in [2.75, 3.05) is 4.90 Å². The maximum absolute atomic E-state index is 13.3. The van der Waals surface area contributed by atoms with Crippen LogP contribution in [0.5, 0.6) is 0 Å². The molecule has 0 saturated heterocycles. The Balaban J connectivity index is 2.28. The molecule has 0 atom stereocenters. The predicted molar refractivity (Wildman–Crippen MR) is 180 cm³/mol. The van der Waals surface area contributed by atoms with Gasteiger partial charge in [0, 0.05) is 23.5 Å². The highest BCUT2D eigenvalue weighted by Crippen LogP contribution is 2.37. The van der Waals surface area contributed by atoms with E-state index in [2.05, 4.69) is 13.8 Å². The van der Waals surface area contributed by atoms with Gasteiger partial charge in [-0.2, -0.15) is 30.9 Å². The quantitative estimate of drug-likeness (QED) is 0.0647. The second-order valence-corrected chi connectivity index (χ2v) is 11.6. The highest BCUT2D eigenvalue weighted by atomic mass is 19.4. The van der Waals surface area contributed by atoms with Gasteiger partial charge in [0.1, 0.15) is 24.2 Å². The molecule has 0 aliphatic heterocycles. The van der Waals surface area contributed by atoms with Crippen LogP contribution in [0.3, 0.4) is 0 Å². The van der Waals surface area contributed by atoms with E-state index in [1.54, 1.807) is 4.90 Å². The molecule has 258 valence electrons. The summed E-state index contributed by atoms with van der Waals surface area (Å²) in [5, 5.41) is 15.9. The van der Waals surface area contributed by atoms with Crippen LogP contribution in [-0.2, 0) is 19.9 Å². The number of hydrogen-bond donors (Lipinski definition) is 3. The van der Waals surface area contributed by atoms with Crippen molar-refractivity contribution in [3.8, 4) is 0 Å². The molecule has 6 nitrogen and oxygen atoms in total. The predicted octanol–water partition coefficient (Wildman–Crippen LogP) is 10.2. The van der Waals surface area contributed by atoms with Crippen molar-refractivity contribution in [1.82, 2.24) is 0 Å². The number of rotatable bonds is 15. The number of aromatic nitrogens is 1. The molecule has 1 aromatic heterocycles. The maximum atomic E-state index is 13.3. The van der Waals surface area contributed by atoms with Gasteiger partial charge < -0.3 is 16.4 Å². The SMILES string of the molecule is CCCCCc1ccc(N(c2ccc(CCCCC)cc2)c2cc(C(=N)C=C(N)C(F)(F)F)[n+](C)c(/C([NH-])=C/C(=N)C(F)(F)F)c2)cc1. The smallest absolute Gasteiger partial charge is 0.432 e. The molecule has 12 heteroatoms. The number of aryl methyl sites for hydroxylation is 2. The number of anilines is 3. The van der Waals surface area contributed by atoms with E-state index in [4.69, 9.17) is 22.3 Å². The van der Waals surface area contributed by atoms with Gasteiger partial charge in [0.15, 0.2) is 5.69 Å². The maximum Gasteiger partial charge on any atom is 0.432 e. The van der Waals surface area contributed by atoms with Gasteiger partial charge in [-0.15, -0.1) is 0 Å². The van der Waals surface area contributed by atoms with Crippen LogP contribution in [0.15, 0.2) is 78.5 Å². The van der Waals surface area contributed by atoms with Gasteiger partial charge in [0.05, 0.1) is 5.69 Å². The minimum Gasteiger partial charge on any atom is -0.693 e. The zero-order valence-corrected chi connectivity index (χ0v) is 27.3. The Labute approximate surface area is 277 Å². The molecule has 5 N–H and O–H groups in total. The third-order valence-corrected chi connectivity index (χ3v) is 7.85. The number of nitrogens with zero attached hydrogens (tertiary/aromatic N) is 2. The summed E-state index contributed by atoms with van der Waals surface area (Å²) in [4.78, 5) is 1.77. The molecule has 48 heavy (non-hydrogen) atoms. The molecule has 1 heterocycles. The first-order valence-electron chi connectivity index (χ1n) is 15.8. The summed E-state index contributed by atoms with van der Waals surface area (Å²) in [5.41, 5.74) is 12.5. The summed E-state index contributed by atoms with van der Waals surface area (Å²) in [7, 11) is 1.32. The Morgan fingerprint density at radius 1 is 0.729 bits per heavy atom. The average molecular weight is 673 g/mol. The third-order valence-electron chi connectivity index (χ3n) is 7.85. The van der Waals surface area contributed by atoms with E-state index in [1.165, 1.54) is 19.2 Å². The van der Waals surface area contributed by atoms with Gasteiger partial charge in [-0.1, -0.05) is 69.5 Å². The number of pyridine rings is 1. The van der Waals surface area contributed by atoms with E-state index < -0.39 is 35.2 Å². The Morgan fingerprint density at radius 3 is 1.60 bits per heavy atom. The van der Waals surface area contributed by atoms with Crippen LogP contribution in [0, 0.1) is 10.8 Å². The van der Waals surface area contributed by atoms with E-state index in [1.807, 2.05) is 48.5 Å². The lowest BCUT2D eigenvalue weighted by molar-refractivity contribution is -0.674. The summed E-state index contributed by atoms with van der Waals surface area (Å²) >= 11 is 0. The second-order valence-electron chi connectivity index (χ2n) is 11.6. The topological polar surface area (TPSA) is 105 Å². The van der Waals surface area contributed by atoms with Gasteiger partial charge >= 0.3 is 12.4 Å². The number of alkyl halides is 6. The molecule has 0 bridgehead atoms. The van der Waals surface area contributed by atoms with Gasteiger partial charge in [-0.25, -0.2) is 0 Å². The number of nitrogens with one attached hydrogen (secondary N) is 3. The second kappa shape index (κ2) is 16.5. The number of allylic oxidation sites excluding steroid dienone is 3. The van der Waals surface area contributed by atoms with Crippen LogP contribution in [-0.4, -0.2) is 23.8 Å². The summed E-state index contributed by atoms with van der Waals surface area (Å²) in [5.74, 6) is 0. The highest BCUT2D eigenvalue weighted by molar-refractivity contribution is 6.06. The lowest BCUT2D eigenvalue weighted by atomic mass is 10.0. The Morgan fingerprint density at radius 2 is 1.19 bits per heavy atom. The lowest BCUT2D eigenvalue weighted by Crippen LogP contribution is -2.40. The Kier molecular flexibility index (Phi) is 13.0. The summed E-state index contributed by atoms with van der Waals surface area (Å²) in [6.07, 6.45) is -1.10. The molecule has 0 spiro atoms. The summed E-state index contributed by atoms with van der Waals surface area (Å²) in [6.45, 7) is 4.24. The van der Waals surface area contributed by atoms with E-state index in [-0.39, 0.29) is 17.1 Å². The average Bonchev–Trinajstić information content (AvgIpc) is 3.02. The van der Waals surface area contributed by atoms with E-state index in [9.17, 15) is 26.3 Å². The van der Waals surface area contributed by atoms with E-state index in [0.717, 1.165) is 67.1 Å². The Bertz CT molecular complexity index is 1570. The molecule has 0 saturated carbocycles. The molecular formula is C36H42F6N6. The van der Waals surface area contributed by atoms with E-state index in [0.29, 0.717) is 23.5 Å². The van der Waals surface area contributed by atoms with Gasteiger partial charge in [-0.3, -0.25) is 10.8 Å². The van der Waals surface area contributed by atoms with Crippen LogP contribution in [0.25, 0.3) is 11.4 Å². The first-order valence-corrected chi connectivity index (χ1v) is 15.8. The van der Waals surface area contributed by atoms with Crippen molar-refractivity contribution >= 4 is 34.2 Å². The molecule has 0 fully saturated rings. The third kappa shape index (κ3) is 10.2. The fourth-order valence-corrected chi connectivity index (χ4v) is 5.13. The van der Waals surface area contributed by atoms with Gasteiger partial charge in [0.2, 0.25) is 5.69 Å². The van der Waals surface area contributed by atoms with Gasteiger partial charge in [-0.05, 0) is 73.2 Å². The molecule has 0 amide bonds. The molecule has 3 rings (SSSR count). The normalized spacial score (nSPS) is 12.7. The number of unbranched alkanes of at least 4 members (excludes halogenated alkanes) is 4. The number of hydrogen-bond acceptors (Lipinski definition) is 4. The molecule has 0 radical (unpaired) electrons. The number of halogens is 6. The van der Waals surface area contributed by atoms with Crippen LogP contribution in [0.4, 0.5) is 43.4 Å². The Hall–Kier alpha value is -4.61. The minimum absolute atomic E-state index is 0.149. The fourth-order valence-electron chi connectivity index (χ4n) is 5.13. The molecule has 2 aromatic carbocycles. The molecular weight excluding hydrogens is 630 g/mol. The van der Waals surface area contributed by atoms with Crippen LogP contribution in [0.2, 0.25) is 0 Å². The fraction of sp³-hybridized carbons (Fsp3) is 0.361. The standard InChI is InChI=1S/C36H42F6N6/c1-4-6-8-10-24-12-16-26(17-13-24)48(27-18-14-25(15-19-27)11-9-7-5-2)28-20-31(29(43)22-33(45)35(37,38)39)47(3)32(21-28)30(44)23-34(46)36(40,41)42/h12-23,43-45H,4-11,46H2,1-3H3/b29-22-,34-23?,44-30?,45-33?. The van der Waals surface area contributed by atoms with Gasteiger partial charge in [0.25, 0.3) is 0 Å². The first kappa shape index (κ1) is 37.8. The summed E-state index contributed by atoms with van der Waals surface area (Å²) in [6, 6.07) is 18.2. The first-order chi connectivity index (χ1) is 22.6. The van der Waals surface area contributed by atoms with Crippen molar-refractivity contribution in [2.45, 2.75) is 77.6 Å². The van der Waals surface area contributed by atoms with Crippen molar-refractivity contribution in [1.29, 1.82) is 10.8 Å². The monoisotopic (exact) mass is 672 g/mol. The molecule has 0 aliphatic carbocycles.